The first-order chi connectivity index (χ1) is 8.94. The molecule has 1 saturated carbocycles. The number of alkyl halides is 3. The Morgan fingerprint density at radius 1 is 0.895 bits per heavy atom. The molecule has 0 atom stereocenters. The van der Waals surface area contributed by atoms with Crippen LogP contribution in [-0.2, 0) is 0 Å². The van der Waals surface area contributed by atoms with Gasteiger partial charge in [0.2, 0.25) is 0 Å². The molecule has 0 amide bonds. The molecule has 1 nitrogen and oxygen atoms in total. The van der Waals surface area contributed by atoms with Gasteiger partial charge in [0.1, 0.15) is 5.54 Å². The molecule has 1 rings (SSSR count). The normalized spacial score (nSPS) is 18.0. The molecule has 0 N–H and O–H groups in total. The van der Waals surface area contributed by atoms with Crippen molar-refractivity contribution in [2.24, 2.45) is 0 Å². The van der Waals surface area contributed by atoms with Crippen LogP contribution in [0.15, 0.2) is 0 Å². The van der Waals surface area contributed by atoms with Crippen LogP contribution in [0.1, 0.15) is 71.1 Å². The van der Waals surface area contributed by atoms with Gasteiger partial charge >= 0.3 is 6.18 Å². The average Bonchev–Trinajstić information content (AvgIpc) is 3.12. The third-order valence-corrected chi connectivity index (χ3v) is 4.33. The Morgan fingerprint density at radius 3 is 1.79 bits per heavy atom. The zero-order valence-electron chi connectivity index (χ0n) is 12.4. The van der Waals surface area contributed by atoms with E-state index in [1.807, 2.05) is 0 Å². The molecule has 1 aliphatic rings. The fourth-order valence-electron chi connectivity index (χ4n) is 2.70. The lowest BCUT2D eigenvalue weighted by Crippen LogP contribution is -2.46. The van der Waals surface area contributed by atoms with Crippen molar-refractivity contribution in [1.82, 2.24) is 4.90 Å². The minimum absolute atomic E-state index is 0.282. The zero-order valence-corrected chi connectivity index (χ0v) is 12.4. The second kappa shape index (κ2) is 7.51. The highest BCUT2D eigenvalue weighted by Crippen LogP contribution is 2.52. The topological polar surface area (TPSA) is 3.24 Å². The van der Waals surface area contributed by atoms with E-state index in [-0.39, 0.29) is 12.8 Å². The maximum Gasteiger partial charge on any atom is 0.406 e. The average molecular weight is 279 g/mol. The highest BCUT2D eigenvalue weighted by molar-refractivity contribution is 5.08. The Kier molecular flexibility index (Phi) is 6.64. The molecule has 0 bridgehead atoms. The van der Waals surface area contributed by atoms with Crippen molar-refractivity contribution < 1.29 is 13.2 Å². The Labute approximate surface area is 115 Å². The van der Waals surface area contributed by atoms with Crippen LogP contribution in [0.25, 0.3) is 0 Å². The molecule has 4 heteroatoms. The first-order valence-corrected chi connectivity index (χ1v) is 7.72. The van der Waals surface area contributed by atoms with Gasteiger partial charge in [0.25, 0.3) is 0 Å². The summed E-state index contributed by atoms with van der Waals surface area (Å²) < 4.78 is 38.6. The van der Waals surface area contributed by atoms with Gasteiger partial charge in [-0.05, 0) is 32.9 Å². The first kappa shape index (κ1) is 16.8. The molecular weight excluding hydrogens is 251 g/mol. The van der Waals surface area contributed by atoms with Gasteiger partial charge in [0.05, 0.1) is 0 Å². The van der Waals surface area contributed by atoms with E-state index in [1.54, 1.807) is 7.05 Å². The van der Waals surface area contributed by atoms with Crippen molar-refractivity contribution in [1.29, 1.82) is 0 Å². The SMILES string of the molecule is CCCCCCCCCCN(C)C1(C(F)(F)F)CC1. The van der Waals surface area contributed by atoms with Crippen LogP contribution in [0.2, 0.25) is 0 Å². The Hall–Kier alpha value is -0.250. The summed E-state index contributed by atoms with van der Waals surface area (Å²) in [6, 6.07) is 0. The summed E-state index contributed by atoms with van der Waals surface area (Å²) in [4.78, 5) is 1.53. The minimum atomic E-state index is -4.05. The van der Waals surface area contributed by atoms with E-state index in [2.05, 4.69) is 6.92 Å². The number of hydrogen-bond acceptors (Lipinski definition) is 1. The van der Waals surface area contributed by atoms with Gasteiger partial charge in [-0.2, -0.15) is 13.2 Å². The fourth-order valence-corrected chi connectivity index (χ4v) is 2.70. The van der Waals surface area contributed by atoms with Gasteiger partial charge in [-0.15, -0.1) is 0 Å². The van der Waals surface area contributed by atoms with Gasteiger partial charge in [-0.3, -0.25) is 4.90 Å². The van der Waals surface area contributed by atoms with Crippen LogP contribution >= 0.6 is 0 Å². The summed E-state index contributed by atoms with van der Waals surface area (Å²) in [5.41, 5.74) is -1.48. The van der Waals surface area contributed by atoms with Crippen LogP contribution in [0.5, 0.6) is 0 Å². The molecule has 1 aliphatic carbocycles. The van der Waals surface area contributed by atoms with E-state index in [0.29, 0.717) is 6.54 Å². The summed E-state index contributed by atoms with van der Waals surface area (Å²) in [6.45, 7) is 2.78. The number of nitrogens with zero attached hydrogens (tertiary/aromatic N) is 1. The van der Waals surface area contributed by atoms with E-state index in [4.69, 9.17) is 0 Å². The van der Waals surface area contributed by atoms with Crippen molar-refractivity contribution in [2.45, 2.75) is 82.8 Å². The number of halogens is 3. The molecule has 0 unspecified atom stereocenters. The zero-order chi connectivity index (χ0) is 14.4. The van der Waals surface area contributed by atoms with Crippen LogP contribution in [0.3, 0.4) is 0 Å². The van der Waals surface area contributed by atoms with Gasteiger partial charge in [-0.25, -0.2) is 0 Å². The van der Waals surface area contributed by atoms with Crippen molar-refractivity contribution in [3.8, 4) is 0 Å². The Bertz CT molecular complexity index is 246. The summed E-state index contributed by atoms with van der Waals surface area (Å²) >= 11 is 0. The molecular formula is C15H28F3N. The van der Waals surface area contributed by atoms with Gasteiger partial charge in [0, 0.05) is 0 Å². The van der Waals surface area contributed by atoms with Crippen LogP contribution in [0.4, 0.5) is 13.2 Å². The molecule has 114 valence electrons. The number of rotatable bonds is 10. The third kappa shape index (κ3) is 4.97. The highest BCUT2D eigenvalue weighted by atomic mass is 19.4. The molecule has 0 aromatic carbocycles. The van der Waals surface area contributed by atoms with Crippen molar-refractivity contribution >= 4 is 0 Å². The summed E-state index contributed by atoms with van der Waals surface area (Å²) in [6.07, 6.45) is 5.98. The van der Waals surface area contributed by atoms with E-state index < -0.39 is 11.7 Å². The summed E-state index contributed by atoms with van der Waals surface area (Å²) in [5.74, 6) is 0. The molecule has 0 heterocycles. The van der Waals surface area contributed by atoms with Crippen molar-refractivity contribution in [3.63, 3.8) is 0 Å². The molecule has 19 heavy (non-hydrogen) atoms. The monoisotopic (exact) mass is 279 g/mol. The van der Waals surface area contributed by atoms with E-state index in [1.165, 1.54) is 37.0 Å². The summed E-state index contributed by atoms with van der Waals surface area (Å²) in [5, 5.41) is 0. The summed E-state index contributed by atoms with van der Waals surface area (Å²) in [7, 11) is 1.63. The maximum absolute atomic E-state index is 12.9. The van der Waals surface area contributed by atoms with E-state index >= 15 is 0 Å². The smallest absolute Gasteiger partial charge is 0.293 e. The van der Waals surface area contributed by atoms with Crippen molar-refractivity contribution in [2.75, 3.05) is 13.6 Å². The maximum atomic E-state index is 12.9. The van der Waals surface area contributed by atoms with Crippen LogP contribution < -0.4 is 0 Å². The van der Waals surface area contributed by atoms with Gasteiger partial charge < -0.3 is 0 Å². The van der Waals surface area contributed by atoms with E-state index in [9.17, 15) is 13.2 Å². The third-order valence-electron chi connectivity index (χ3n) is 4.33. The molecule has 0 aromatic heterocycles. The molecule has 0 aromatic rings. The highest BCUT2D eigenvalue weighted by Gasteiger charge is 2.65. The van der Waals surface area contributed by atoms with E-state index in [0.717, 1.165) is 19.3 Å². The molecule has 0 saturated heterocycles. The minimum Gasteiger partial charge on any atom is -0.293 e. The van der Waals surface area contributed by atoms with Gasteiger partial charge in [0.15, 0.2) is 0 Å². The van der Waals surface area contributed by atoms with Gasteiger partial charge in [-0.1, -0.05) is 51.9 Å². The largest absolute Gasteiger partial charge is 0.406 e. The molecule has 1 fully saturated rings. The molecule has 0 aliphatic heterocycles. The quantitative estimate of drug-likeness (QED) is 0.500. The fraction of sp³-hybridized carbons (Fsp3) is 1.00. The Morgan fingerprint density at radius 2 is 1.37 bits per heavy atom. The second-order valence-corrected chi connectivity index (χ2v) is 5.93. The number of unbranched alkanes of at least 4 members (excludes halogenated alkanes) is 7. The number of hydrogen-bond donors (Lipinski definition) is 0. The molecule has 0 radical (unpaired) electrons. The second-order valence-electron chi connectivity index (χ2n) is 5.93. The van der Waals surface area contributed by atoms with Crippen LogP contribution in [0, 0.1) is 0 Å². The lowest BCUT2D eigenvalue weighted by atomic mass is 10.1. The lowest BCUT2D eigenvalue weighted by molar-refractivity contribution is -0.192. The van der Waals surface area contributed by atoms with Crippen molar-refractivity contribution in [3.05, 3.63) is 0 Å². The Balaban J connectivity index is 2.04. The predicted molar refractivity (Wildman–Crippen MR) is 73.3 cm³/mol. The van der Waals surface area contributed by atoms with Crippen LogP contribution in [-0.4, -0.2) is 30.2 Å². The predicted octanol–water partition coefficient (Wildman–Crippen LogP) is 5.15. The molecule has 0 spiro atoms. The lowest BCUT2D eigenvalue weighted by Gasteiger charge is -2.29. The first-order valence-electron chi connectivity index (χ1n) is 7.72. The standard InChI is InChI=1S/C15H28F3N/c1-3-4-5-6-7-8-9-10-13-19(2)14(11-12-14)15(16,17)18/h3-13H2,1-2H3.